The van der Waals surface area contributed by atoms with Crippen molar-refractivity contribution in [2.45, 2.75) is 19.5 Å². The number of nitrogens with two attached hydrogens (primary N) is 1. The predicted molar refractivity (Wildman–Crippen MR) is 124 cm³/mol. The summed E-state index contributed by atoms with van der Waals surface area (Å²) in [6.45, 7) is 2.50. The van der Waals surface area contributed by atoms with Crippen molar-refractivity contribution < 1.29 is 0 Å². The van der Waals surface area contributed by atoms with Crippen molar-refractivity contribution in [3.05, 3.63) is 95.4 Å². The zero-order valence-corrected chi connectivity index (χ0v) is 17.6. The molecule has 0 aliphatic carbocycles. The molecule has 2 aromatic heterocycles. The van der Waals surface area contributed by atoms with Crippen LogP contribution in [0.2, 0.25) is 0 Å². The van der Waals surface area contributed by atoms with Crippen LogP contribution in [-0.2, 0) is 19.5 Å². The van der Waals surface area contributed by atoms with E-state index in [0.717, 1.165) is 65.8 Å². The van der Waals surface area contributed by atoms with E-state index in [-0.39, 0.29) is 0 Å². The molecule has 1 aliphatic heterocycles. The van der Waals surface area contributed by atoms with Crippen LogP contribution in [0.5, 0.6) is 0 Å². The molecule has 0 bridgehead atoms. The summed E-state index contributed by atoms with van der Waals surface area (Å²) in [5.41, 5.74) is 13.4. The fourth-order valence-corrected chi connectivity index (χ4v) is 3.95. The SMILES string of the molecule is N#Cc1ccc(-c2cccc(CN3CCc4nc(-c5ccc(N)cc5)ncc4C3)n2)cc1. The van der Waals surface area contributed by atoms with Crippen LogP contribution in [0.1, 0.15) is 22.5 Å². The van der Waals surface area contributed by atoms with E-state index in [1.54, 1.807) is 0 Å². The maximum atomic E-state index is 8.99. The van der Waals surface area contributed by atoms with Crippen LogP contribution in [0.25, 0.3) is 22.6 Å². The number of benzene rings is 2. The third-order valence-corrected chi connectivity index (χ3v) is 5.68. The third kappa shape index (κ3) is 4.20. The zero-order valence-electron chi connectivity index (χ0n) is 17.6. The molecule has 5 rings (SSSR count). The van der Waals surface area contributed by atoms with Gasteiger partial charge in [-0.1, -0.05) is 18.2 Å². The quantitative estimate of drug-likeness (QED) is 0.499. The average molecular weight is 419 g/mol. The molecule has 0 spiro atoms. The summed E-state index contributed by atoms with van der Waals surface area (Å²) in [6, 6.07) is 23.4. The van der Waals surface area contributed by atoms with E-state index in [2.05, 4.69) is 22.0 Å². The van der Waals surface area contributed by atoms with Crippen LogP contribution < -0.4 is 5.73 Å². The van der Waals surface area contributed by atoms with Crippen LogP contribution >= 0.6 is 0 Å². The summed E-state index contributed by atoms with van der Waals surface area (Å²) in [5, 5.41) is 8.99. The summed E-state index contributed by atoms with van der Waals surface area (Å²) in [4.78, 5) is 16.6. The van der Waals surface area contributed by atoms with E-state index >= 15 is 0 Å². The van der Waals surface area contributed by atoms with Gasteiger partial charge < -0.3 is 5.73 Å². The Morgan fingerprint density at radius 3 is 2.50 bits per heavy atom. The van der Waals surface area contributed by atoms with Gasteiger partial charge in [0.1, 0.15) is 0 Å². The highest BCUT2D eigenvalue weighted by atomic mass is 15.1. The van der Waals surface area contributed by atoms with Gasteiger partial charge in [0, 0.05) is 54.6 Å². The van der Waals surface area contributed by atoms with Gasteiger partial charge in [0.25, 0.3) is 0 Å². The van der Waals surface area contributed by atoms with Gasteiger partial charge in [0.2, 0.25) is 0 Å². The van der Waals surface area contributed by atoms with Gasteiger partial charge in [-0.25, -0.2) is 9.97 Å². The Balaban J connectivity index is 1.30. The number of aromatic nitrogens is 3. The Hall–Kier alpha value is -4.08. The minimum Gasteiger partial charge on any atom is -0.399 e. The molecular formula is C26H22N6. The van der Waals surface area contributed by atoms with E-state index in [1.807, 2.05) is 66.9 Å². The molecule has 32 heavy (non-hydrogen) atoms. The number of nitrogens with zero attached hydrogens (tertiary/aromatic N) is 5. The lowest BCUT2D eigenvalue weighted by atomic mass is 10.1. The molecule has 0 saturated heterocycles. The van der Waals surface area contributed by atoms with Gasteiger partial charge >= 0.3 is 0 Å². The Morgan fingerprint density at radius 2 is 1.72 bits per heavy atom. The van der Waals surface area contributed by atoms with Crippen molar-refractivity contribution in [1.29, 1.82) is 5.26 Å². The minimum absolute atomic E-state index is 0.652. The van der Waals surface area contributed by atoms with E-state index in [4.69, 9.17) is 21.0 Å². The number of anilines is 1. The molecule has 156 valence electrons. The Morgan fingerprint density at radius 1 is 0.938 bits per heavy atom. The summed E-state index contributed by atoms with van der Waals surface area (Å²) in [6.07, 6.45) is 2.83. The van der Waals surface area contributed by atoms with E-state index in [9.17, 15) is 0 Å². The average Bonchev–Trinajstić information content (AvgIpc) is 2.84. The van der Waals surface area contributed by atoms with Crippen molar-refractivity contribution in [2.24, 2.45) is 0 Å². The first-order valence-corrected chi connectivity index (χ1v) is 10.6. The smallest absolute Gasteiger partial charge is 0.159 e. The first kappa shape index (κ1) is 19.9. The molecule has 0 radical (unpaired) electrons. The molecule has 2 N–H and O–H groups in total. The highest BCUT2D eigenvalue weighted by Gasteiger charge is 2.19. The molecule has 4 aromatic rings. The Kier molecular flexibility index (Phi) is 5.32. The van der Waals surface area contributed by atoms with Crippen LogP contribution in [0.15, 0.2) is 72.9 Å². The van der Waals surface area contributed by atoms with Gasteiger partial charge in [0.15, 0.2) is 5.82 Å². The fourth-order valence-electron chi connectivity index (χ4n) is 3.95. The number of nitrogen functional groups attached to an aromatic ring is 1. The second-order valence-corrected chi connectivity index (χ2v) is 7.95. The molecule has 0 amide bonds. The summed E-state index contributed by atoms with van der Waals surface area (Å²) in [7, 11) is 0. The number of hydrogen-bond acceptors (Lipinski definition) is 6. The Bertz CT molecular complexity index is 1290. The molecule has 2 aromatic carbocycles. The number of fused-ring (bicyclic) bond motifs is 1. The molecular weight excluding hydrogens is 396 g/mol. The lowest BCUT2D eigenvalue weighted by Crippen LogP contribution is -2.31. The van der Waals surface area contributed by atoms with Gasteiger partial charge in [-0.3, -0.25) is 9.88 Å². The van der Waals surface area contributed by atoms with Gasteiger partial charge in [-0.2, -0.15) is 5.26 Å². The maximum Gasteiger partial charge on any atom is 0.159 e. The van der Waals surface area contributed by atoms with Crippen molar-refractivity contribution in [3.63, 3.8) is 0 Å². The molecule has 0 unspecified atom stereocenters. The maximum absolute atomic E-state index is 8.99. The topological polar surface area (TPSA) is 91.7 Å². The second-order valence-electron chi connectivity index (χ2n) is 7.95. The van der Waals surface area contributed by atoms with E-state index < -0.39 is 0 Å². The molecule has 6 heteroatoms. The van der Waals surface area contributed by atoms with E-state index in [1.165, 1.54) is 5.56 Å². The van der Waals surface area contributed by atoms with Crippen molar-refractivity contribution in [3.8, 4) is 28.7 Å². The lowest BCUT2D eigenvalue weighted by Gasteiger charge is -2.27. The molecule has 0 fully saturated rings. The summed E-state index contributed by atoms with van der Waals surface area (Å²) in [5.74, 6) is 0.744. The van der Waals surface area contributed by atoms with Crippen LogP contribution in [0, 0.1) is 11.3 Å². The third-order valence-electron chi connectivity index (χ3n) is 5.68. The largest absolute Gasteiger partial charge is 0.399 e. The number of pyridine rings is 1. The first-order chi connectivity index (χ1) is 15.7. The van der Waals surface area contributed by atoms with Crippen LogP contribution in [-0.4, -0.2) is 26.4 Å². The number of hydrogen-bond donors (Lipinski definition) is 1. The molecule has 0 saturated carbocycles. The molecule has 6 nitrogen and oxygen atoms in total. The monoisotopic (exact) mass is 418 g/mol. The molecule has 1 aliphatic rings. The normalized spacial score (nSPS) is 13.3. The minimum atomic E-state index is 0.652. The van der Waals surface area contributed by atoms with E-state index in [0.29, 0.717) is 5.56 Å². The Labute approximate surface area is 187 Å². The fraction of sp³-hybridized carbons (Fsp3) is 0.154. The van der Waals surface area contributed by atoms with Crippen molar-refractivity contribution >= 4 is 5.69 Å². The van der Waals surface area contributed by atoms with Gasteiger partial charge in [-0.15, -0.1) is 0 Å². The van der Waals surface area contributed by atoms with Crippen LogP contribution in [0.3, 0.4) is 0 Å². The molecule has 0 atom stereocenters. The highest BCUT2D eigenvalue weighted by Crippen LogP contribution is 2.23. The standard InChI is InChI=1S/C26H22N6/c27-14-18-4-6-19(7-5-18)24-3-1-2-23(30-24)17-32-13-12-25-21(16-32)15-29-26(31-25)20-8-10-22(28)11-9-20/h1-11,15H,12-13,16-17,28H2. The molecule has 3 heterocycles. The lowest BCUT2D eigenvalue weighted by molar-refractivity contribution is 0.240. The second kappa shape index (κ2) is 8.58. The van der Waals surface area contributed by atoms with Gasteiger partial charge in [-0.05, 0) is 48.5 Å². The predicted octanol–water partition coefficient (Wildman–Crippen LogP) is 4.22. The van der Waals surface area contributed by atoms with Crippen LogP contribution in [0.4, 0.5) is 5.69 Å². The van der Waals surface area contributed by atoms with Gasteiger partial charge in [0.05, 0.1) is 28.7 Å². The summed E-state index contributed by atoms with van der Waals surface area (Å²) < 4.78 is 0. The summed E-state index contributed by atoms with van der Waals surface area (Å²) >= 11 is 0. The van der Waals surface area contributed by atoms with Crippen molar-refractivity contribution in [2.75, 3.05) is 12.3 Å². The highest BCUT2D eigenvalue weighted by molar-refractivity contribution is 5.60. The zero-order chi connectivity index (χ0) is 21.9. The number of nitriles is 1. The number of rotatable bonds is 4. The first-order valence-electron chi connectivity index (χ1n) is 10.6. The van der Waals surface area contributed by atoms with Crippen molar-refractivity contribution in [1.82, 2.24) is 19.9 Å².